The molecule has 0 atom stereocenters. The summed E-state index contributed by atoms with van der Waals surface area (Å²) in [6.07, 6.45) is 4.08. The minimum atomic E-state index is 0.0459. The van der Waals surface area contributed by atoms with Crippen molar-refractivity contribution in [1.82, 2.24) is 10.6 Å². The minimum absolute atomic E-state index is 0.0459. The molecule has 92 valence electrons. The Balaban J connectivity index is 1.93. The molecular weight excluding hydrogens is 232 g/mol. The SMILES string of the molecule is CSc1ccc(C(=O)NC2CCNCC2)cc1. The Morgan fingerprint density at radius 3 is 2.53 bits per heavy atom. The molecule has 0 aliphatic carbocycles. The third-order valence-corrected chi connectivity index (χ3v) is 3.77. The molecule has 1 heterocycles. The fourth-order valence-electron chi connectivity index (χ4n) is 1.98. The Morgan fingerprint density at radius 1 is 1.29 bits per heavy atom. The zero-order valence-electron chi connectivity index (χ0n) is 10.0. The number of carbonyl (C=O) groups excluding carboxylic acids is 1. The van der Waals surface area contributed by atoms with Gasteiger partial charge >= 0.3 is 0 Å². The average Bonchev–Trinajstić information content (AvgIpc) is 2.40. The molecule has 17 heavy (non-hydrogen) atoms. The lowest BCUT2D eigenvalue weighted by Gasteiger charge is -2.23. The molecule has 0 bridgehead atoms. The molecule has 2 N–H and O–H groups in total. The normalized spacial score (nSPS) is 16.8. The van der Waals surface area contributed by atoms with Gasteiger partial charge < -0.3 is 10.6 Å². The Hall–Kier alpha value is -1.00. The van der Waals surface area contributed by atoms with Gasteiger partial charge in [0.15, 0.2) is 0 Å². The van der Waals surface area contributed by atoms with Gasteiger partial charge in [0.25, 0.3) is 5.91 Å². The first kappa shape index (κ1) is 12.5. The summed E-state index contributed by atoms with van der Waals surface area (Å²) in [5.74, 6) is 0.0459. The second-order valence-electron chi connectivity index (χ2n) is 4.23. The fourth-order valence-corrected chi connectivity index (χ4v) is 2.39. The zero-order valence-corrected chi connectivity index (χ0v) is 10.8. The van der Waals surface area contributed by atoms with Crippen LogP contribution < -0.4 is 10.6 Å². The Morgan fingerprint density at radius 2 is 1.94 bits per heavy atom. The van der Waals surface area contributed by atoms with Crippen LogP contribution in [0.1, 0.15) is 23.2 Å². The number of rotatable bonds is 3. The third-order valence-electron chi connectivity index (χ3n) is 3.03. The smallest absolute Gasteiger partial charge is 0.251 e. The van der Waals surface area contributed by atoms with Gasteiger partial charge in [0.05, 0.1) is 0 Å². The maximum atomic E-state index is 12.0. The van der Waals surface area contributed by atoms with Crippen LogP contribution in [0.4, 0.5) is 0 Å². The van der Waals surface area contributed by atoms with Crippen LogP contribution in [-0.4, -0.2) is 31.3 Å². The van der Waals surface area contributed by atoms with Crippen molar-refractivity contribution < 1.29 is 4.79 Å². The lowest BCUT2D eigenvalue weighted by atomic mass is 10.1. The molecule has 1 aliphatic rings. The Bertz CT molecular complexity index is 372. The molecule has 3 nitrogen and oxygen atoms in total. The number of hydrogen-bond donors (Lipinski definition) is 2. The van der Waals surface area contributed by atoms with Gasteiger partial charge in [-0.1, -0.05) is 0 Å². The van der Waals surface area contributed by atoms with Crippen molar-refractivity contribution in [3.8, 4) is 0 Å². The number of thioether (sulfide) groups is 1. The highest BCUT2D eigenvalue weighted by Crippen LogP contribution is 2.15. The highest BCUT2D eigenvalue weighted by atomic mass is 32.2. The third kappa shape index (κ3) is 3.48. The molecule has 0 radical (unpaired) electrons. The predicted molar refractivity (Wildman–Crippen MR) is 71.6 cm³/mol. The zero-order chi connectivity index (χ0) is 12.1. The van der Waals surface area contributed by atoms with Crippen molar-refractivity contribution in [2.45, 2.75) is 23.8 Å². The van der Waals surface area contributed by atoms with Gasteiger partial charge in [0, 0.05) is 16.5 Å². The van der Waals surface area contributed by atoms with E-state index in [1.54, 1.807) is 11.8 Å². The standard InChI is InChI=1S/C13H18N2OS/c1-17-12-4-2-10(3-5-12)13(16)15-11-6-8-14-9-7-11/h2-5,11,14H,6-9H2,1H3,(H,15,16). The molecule has 1 amide bonds. The summed E-state index contributed by atoms with van der Waals surface area (Å²) in [7, 11) is 0. The quantitative estimate of drug-likeness (QED) is 0.805. The molecule has 1 aliphatic heterocycles. The summed E-state index contributed by atoms with van der Waals surface area (Å²) in [4.78, 5) is 13.2. The van der Waals surface area contributed by atoms with Crippen molar-refractivity contribution in [1.29, 1.82) is 0 Å². The number of carbonyl (C=O) groups is 1. The summed E-state index contributed by atoms with van der Waals surface area (Å²) in [5, 5.41) is 6.38. The van der Waals surface area contributed by atoms with Crippen LogP contribution in [-0.2, 0) is 0 Å². The first-order valence-corrected chi connectivity index (χ1v) is 7.17. The largest absolute Gasteiger partial charge is 0.349 e. The number of amides is 1. The second kappa shape index (κ2) is 6.07. The lowest BCUT2D eigenvalue weighted by molar-refractivity contribution is 0.0929. The van der Waals surface area contributed by atoms with Crippen molar-refractivity contribution in [2.24, 2.45) is 0 Å². The van der Waals surface area contributed by atoms with Crippen LogP contribution in [0.15, 0.2) is 29.2 Å². The molecule has 0 saturated carbocycles. The Kier molecular flexibility index (Phi) is 4.45. The molecule has 1 fully saturated rings. The van der Waals surface area contributed by atoms with E-state index in [2.05, 4.69) is 10.6 Å². The van der Waals surface area contributed by atoms with Crippen molar-refractivity contribution in [3.63, 3.8) is 0 Å². The molecule has 1 aromatic rings. The molecule has 1 aromatic carbocycles. The Labute approximate surface area is 106 Å². The van der Waals surface area contributed by atoms with Crippen LogP contribution in [0.3, 0.4) is 0 Å². The van der Waals surface area contributed by atoms with Gasteiger partial charge in [-0.2, -0.15) is 0 Å². The highest BCUT2D eigenvalue weighted by molar-refractivity contribution is 7.98. The van der Waals surface area contributed by atoms with Crippen LogP contribution in [0.2, 0.25) is 0 Å². The first-order chi connectivity index (χ1) is 8.29. The van der Waals surface area contributed by atoms with Gasteiger partial charge in [-0.25, -0.2) is 0 Å². The molecule has 0 spiro atoms. The second-order valence-corrected chi connectivity index (χ2v) is 5.11. The van der Waals surface area contributed by atoms with Crippen LogP contribution in [0.25, 0.3) is 0 Å². The van der Waals surface area contributed by atoms with E-state index in [1.807, 2.05) is 30.5 Å². The van der Waals surface area contributed by atoms with E-state index in [1.165, 1.54) is 4.90 Å². The van der Waals surface area contributed by atoms with Crippen molar-refractivity contribution in [2.75, 3.05) is 19.3 Å². The number of nitrogens with one attached hydrogen (secondary N) is 2. The summed E-state index contributed by atoms with van der Waals surface area (Å²) in [6, 6.07) is 8.08. The fraction of sp³-hybridized carbons (Fsp3) is 0.462. The first-order valence-electron chi connectivity index (χ1n) is 5.95. The number of benzene rings is 1. The predicted octanol–water partition coefficient (Wildman–Crippen LogP) is 1.89. The molecule has 0 unspecified atom stereocenters. The van der Waals surface area contributed by atoms with Gasteiger partial charge in [0.2, 0.25) is 0 Å². The summed E-state index contributed by atoms with van der Waals surface area (Å²) in [5.41, 5.74) is 0.751. The lowest BCUT2D eigenvalue weighted by Crippen LogP contribution is -2.42. The van der Waals surface area contributed by atoms with E-state index in [0.29, 0.717) is 6.04 Å². The highest BCUT2D eigenvalue weighted by Gasteiger charge is 2.15. The molecule has 2 rings (SSSR count). The summed E-state index contributed by atoms with van der Waals surface area (Å²) < 4.78 is 0. The van der Waals surface area contributed by atoms with Crippen LogP contribution in [0, 0.1) is 0 Å². The van der Waals surface area contributed by atoms with E-state index in [0.717, 1.165) is 31.5 Å². The molecule has 1 saturated heterocycles. The van der Waals surface area contributed by atoms with Crippen LogP contribution in [0.5, 0.6) is 0 Å². The van der Waals surface area contributed by atoms with E-state index >= 15 is 0 Å². The number of hydrogen-bond acceptors (Lipinski definition) is 3. The molecule has 0 aromatic heterocycles. The van der Waals surface area contributed by atoms with Crippen molar-refractivity contribution >= 4 is 17.7 Å². The van der Waals surface area contributed by atoms with Gasteiger partial charge in [0.1, 0.15) is 0 Å². The van der Waals surface area contributed by atoms with Crippen molar-refractivity contribution in [3.05, 3.63) is 29.8 Å². The topological polar surface area (TPSA) is 41.1 Å². The van der Waals surface area contributed by atoms with Gasteiger partial charge in [-0.3, -0.25) is 4.79 Å². The van der Waals surface area contributed by atoms with E-state index in [-0.39, 0.29) is 5.91 Å². The van der Waals surface area contributed by atoms with Gasteiger partial charge in [-0.05, 0) is 56.5 Å². The van der Waals surface area contributed by atoms with Gasteiger partial charge in [-0.15, -0.1) is 11.8 Å². The summed E-state index contributed by atoms with van der Waals surface area (Å²) >= 11 is 1.68. The molecular formula is C13H18N2OS. The summed E-state index contributed by atoms with van der Waals surface area (Å²) in [6.45, 7) is 1.99. The minimum Gasteiger partial charge on any atom is -0.349 e. The number of piperidine rings is 1. The van der Waals surface area contributed by atoms with E-state index in [9.17, 15) is 4.79 Å². The molecule has 4 heteroatoms. The van der Waals surface area contributed by atoms with E-state index in [4.69, 9.17) is 0 Å². The van der Waals surface area contributed by atoms with Crippen LogP contribution >= 0.6 is 11.8 Å². The maximum Gasteiger partial charge on any atom is 0.251 e. The average molecular weight is 250 g/mol. The maximum absolute atomic E-state index is 12.0. The van der Waals surface area contributed by atoms with E-state index < -0.39 is 0 Å². The monoisotopic (exact) mass is 250 g/mol.